The van der Waals surface area contributed by atoms with E-state index in [0.29, 0.717) is 23.6 Å². The van der Waals surface area contributed by atoms with E-state index in [0.717, 1.165) is 11.3 Å². The lowest BCUT2D eigenvalue weighted by atomic mass is 9.93. The number of guanidine groups is 1. The maximum Gasteiger partial charge on any atom is 0.189 e. The molecular formula is C13H16ClN3O. The number of hydrogen-bond acceptors (Lipinski definition) is 2. The van der Waals surface area contributed by atoms with Crippen LogP contribution in [-0.2, 0) is 0 Å². The molecule has 1 heterocycles. The van der Waals surface area contributed by atoms with Crippen molar-refractivity contribution in [3.63, 3.8) is 0 Å². The van der Waals surface area contributed by atoms with Crippen molar-refractivity contribution in [2.75, 3.05) is 6.61 Å². The van der Waals surface area contributed by atoms with E-state index in [1.807, 2.05) is 18.2 Å². The lowest BCUT2D eigenvalue weighted by molar-refractivity contribution is 0.332. The van der Waals surface area contributed by atoms with Gasteiger partial charge in [0.05, 0.1) is 0 Å². The van der Waals surface area contributed by atoms with Crippen LogP contribution in [0.3, 0.4) is 0 Å². The Morgan fingerprint density at radius 1 is 1.44 bits per heavy atom. The van der Waals surface area contributed by atoms with E-state index < -0.39 is 0 Å². The number of hydrogen-bond donors (Lipinski definition) is 2. The van der Waals surface area contributed by atoms with Crippen molar-refractivity contribution in [3.05, 3.63) is 28.8 Å². The molecule has 1 saturated carbocycles. The highest BCUT2D eigenvalue weighted by molar-refractivity contribution is 6.31. The zero-order chi connectivity index (χ0) is 12.5. The second kappa shape index (κ2) is 4.69. The average molecular weight is 266 g/mol. The summed E-state index contributed by atoms with van der Waals surface area (Å²) in [7, 11) is 0. The first-order valence-electron chi connectivity index (χ1n) is 6.25. The molecule has 1 unspecified atom stereocenters. The number of fused-ring (bicyclic) bond motifs is 1. The Morgan fingerprint density at radius 3 is 3.00 bits per heavy atom. The van der Waals surface area contributed by atoms with Gasteiger partial charge in [-0.3, -0.25) is 0 Å². The lowest BCUT2D eigenvalue weighted by Crippen LogP contribution is -2.43. The Balaban J connectivity index is 1.77. The summed E-state index contributed by atoms with van der Waals surface area (Å²) in [4.78, 5) is 4.47. The molecule has 0 aromatic heterocycles. The third-order valence-corrected chi connectivity index (χ3v) is 3.82. The van der Waals surface area contributed by atoms with Gasteiger partial charge in [0, 0.05) is 16.6 Å². The molecule has 96 valence electrons. The largest absolute Gasteiger partial charge is 0.491 e. The van der Waals surface area contributed by atoms with Crippen LogP contribution < -0.4 is 15.8 Å². The van der Waals surface area contributed by atoms with Crippen molar-refractivity contribution in [3.8, 4) is 5.75 Å². The van der Waals surface area contributed by atoms with E-state index in [-0.39, 0.29) is 6.04 Å². The number of nitrogens with two attached hydrogens (primary N) is 1. The molecule has 3 N–H and O–H groups in total. The van der Waals surface area contributed by atoms with Crippen LogP contribution >= 0.6 is 11.6 Å². The number of halogens is 1. The number of nitrogens with one attached hydrogen (secondary N) is 1. The maximum absolute atomic E-state index is 6.18. The fourth-order valence-electron chi connectivity index (χ4n) is 2.29. The Bertz CT molecular complexity index is 485. The Labute approximate surface area is 111 Å². The molecule has 1 aliphatic carbocycles. The first kappa shape index (κ1) is 11.7. The summed E-state index contributed by atoms with van der Waals surface area (Å²) in [5, 5.41) is 3.91. The molecule has 5 heteroatoms. The smallest absolute Gasteiger partial charge is 0.189 e. The van der Waals surface area contributed by atoms with Crippen LogP contribution in [0.1, 0.15) is 30.9 Å². The predicted octanol–water partition coefficient (Wildman–Crippen LogP) is 2.23. The van der Waals surface area contributed by atoms with Gasteiger partial charge in [-0.1, -0.05) is 17.7 Å². The maximum atomic E-state index is 6.18. The number of benzene rings is 1. The van der Waals surface area contributed by atoms with Crippen LogP contribution in [0.4, 0.5) is 0 Å². The lowest BCUT2D eigenvalue weighted by Gasteiger charge is -2.27. The normalized spacial score (nSPS) is 23.2. The topological polar surface area (TPSA) is 59.6 Å². The first-order chi connectivity index (χ1) is 8.74. The van der Waals surface area contributed by atoms with Crippen LogP contribution in [0.25, 0.3) is 0 Å². The van der Waals surface area contributed by atoms with Crippen LogP contribution in [0.5, 0.6) is 5.75 Å². The number of rotatable bonds is 2. The summed E-state index contributed by atoms with van der Waals surface area (Å²) in [5.74, 6) is 1.30. The molecule has 3 rings (SSSR count). The summed E-state index contributed by atoms with van der Waals surface area (Å²) < 4.78 is 5.56. The highest BCUT2D eigenvalue weighted by Gasteiger charge is 2.27. The van der Waals surface area contributed by atoms with Crippen LogP contribution in [-0.4, -0.2) is 18.6 Å². The molecule has 1 atom stereocenters. The number of ether oxygens (including phenoxy) is 1. The Morgan fingerprint density at radius 2 is 2.28 bits per heavy atom. The van der Waals surface area contributed by atoms with Gasteiger partial charge in [0.25, 0.3) is 0 Å². The zero-order valence-corrected chi connectivity index (χ0v) is 10.8. The van der Waals surface area contributed by atoms with Gasteiger partial charge in [0.1, 0.15) is 18.4 Å². The van der Waals surface area contributed by atoms with Crippen molar-refractivity contribution in [2.45, 2.75) is 31.3 Å². The summed E-state index contributed by atoms with van der Waals surface area (Å²) in [5.41, 5.74) is 6.85. The van der Waals surface area contributed by atoms with E-state index in [2.05, 4.69) is 10.3 Å². The molecule has 0 amide bonds. The standard InChI is InChI=1S/C13H16ClN3O/c14-9-5-2-6-11-12(9)10(7-18-11)17-13(15)16-8-3-1-4-8/h2,5-6,8,10H,1,3-4,7H2,(H3,15,16,17). The van der Waals surface area contributed by atoms with Gasteiger partial charge in [0.15, 0.2) is 5.96 Å². The molecule has 1 aliphatic heterocycles. The summed E-state index contributed by atoms with van der Waals surface area (Å²) in [6.45, 7) is 0.506. The van der Waals surface area contributed by atoms with E-state index in [9.17, 15) is 0 Å². The van der Waals surface area contributed by atoms with Crippen molar-refractivity contribution in [2.24, 2.45) is 10.7 Å². The van der Waals surface area contributed by atoms with E-state index in [1.165, 1.54) is 19.3 Å². The second-order valence-electron chi connectivity index (χ2n) is 4.76. The van der Waals surface area contributed by atoms with Gasteiger partial charge < -0.3 is 15.8 Å². The highest BCUT2D eigenvalue weighted by atomic mass is 35.5. The Hall–Kier alpha value is -1.42. The third kappa shape index (κ3) is 2.12. The van der Waals surface area contributed by atoms with Crippen molar-refractivity contribution < 1.29 is 4.74 Å². The van der Waals surface area contributed by atoms with Gasteiger partial charge in [-0.25, -0.2) is 4.99 Å². The van der Waals surface area contributed by atoms with E-state index in [4.69, 9.17) is 22.1 Å². The van der Waals surface area contributed by atoms with Gasteiger partial charge in [-0.15, -0.1) is 0 Å². The van der Waals surface area contributed by atoms with E-state index >= 15 is 0 Å². The number of nitrogens with zero attached hydrogens (tertiary/aromatic N) is 1. The highest BCUT2D eigenvalue weighted by Crippen LogP contribution is 2.39. The monoisotopic (exact) mass is 265 g/mol. The molecular weight excluding hydrogens is 250 g/mol. The van der Waals surface area contributed by atoms with Gasteiger partial charge in [-0.2, -0.15) is 0 Å². The summed E-state index contributed by atoms with van der Waals surface area (Å²) >= 11 is 6.18. The summed E-state index contributed by atoms with van der Waals surface area (Å²) in [6.07, 6.45) is 3.62. The number of aliphatic imine (C=N–C) groups is 1. The fourth-order valence-corrected chi connectivity index (χ4v) is 2.58. The molecule has 1 aromatic rings. The third-order valence-electron chi connectivity index (χ3n) is 3.49. The van der Waals surface area contributed by atoms with Crippen LogP contribution in [0, 0.1) is 0 Å². The zero-order valence-electron chi connectivity index (χ0n) is 10.0. The van der Waals surface area contributed by atoms with Gasteiger partial charge in [0.2, 0.25) is 0 Å². The molecule has 0 radical (unpaired) electrons. The summed E-state index contributed by atoms with van der Waals surface area (Å²) in [6, 6.07) is 6.03. The molecule has 0 bridgehead atoms. The molecule has 0 saturated heterocycles. The van der Waals surface area contributed by atoms with Crippen molar-refractivity contribution in [1.29, 1.82) is 0 Å². The molecule has 4 nitrogen and oxygen atoms in total. The van der Waals surface area contributed by atoms with Crippen LogP contribution in [0.2, 0.25) is 5.02 Å². The van der Waals surface area contributed by atoms with Crippen molar-refractivity contribution in [1.82, 2.24) is 5.32 Å². The molecule has 1 aromatic carbocycles. The molecule has 0 spiro atoms. The minimum Gasteiger partial charge on any atom is -0.491 e. The van der Waals surface area contributed by atoms with Crippen molar-refractivity contribution >= 4 is 17.6 Å². The predicted molar refractivity (Wildman–Crippen MR) is 72.1 cm³/mol. The fraction of sp³-hybridized carbons (Fsp3) is 0.462. The molecule has 2 aliphatic rings. The van der Waals surface area contributed by atoms with Crippen LogP contribution in [0.15, 0.2) is 23.2 Å². The van der Waals surface area contributed by atoms with Gasteiger partial charge >= 0.3 is 0 Å². The first-order valence-corrected chi connectivity index (χ1v) is 6.63. The SMILES string of the molecule is NC(=NC1COc2cccc(Cl)c21)NC1CCC1. The van der Waals surface area contributed by atoms with Gasteiger partial charge in [-0.05, 0) is 31.4 Å². The Kier molecular flexibility index (Phi) is 3.04. The minimum absolute atomic E-state index is 0.0960. The quantitative estimate of drug-likeness (QED) is 0.637. The average Bonchev–Trinajstić information content (AvgIpc) is 2.69. The minimum atomic E-state index is -0.0960. The molecule has 1 fully saturated rings. The second-order valence-corrected chi connectivity index (χ2v) is 5.17. The van der Waals surface area contributed by atoms with E-state index in [1.54, 1.807) is 0 Å². The molecule has 18 heavy (non-hydrogen) atoms.